The summed E-state index contributed by atoms with van der Waals surface area (Å²) < 4.78 is 11.4. The van der Waals surface area contributed by atoms with E-state index in [1.165, 1.54) is 0 Å². The second-order valence-electron chi connectivity index (χ2n) is 8.13. The highest BCUT2D eigenvalue weighted by atomic mass is 16.5. The van der Waals surface area contributed by atoms with Gasteiger partial charge in [0.15, 0.2) is 18.0 Å². The third-order valence-corrected chi connectivity index (χ3v) is 5.73. The molecule has 31 heavy (non-hydrogen) atoms. The van der Waals surface area contributed by atoms with Gasteiger partial charge in [-0.2, -0.15) is 0 Å². The zero-order valence-electron chi connectivity index (χ0n) is 18.3. The van der Waals surface area contributed by atoms with Gasteiger partial charge >= 0.3 is 0 Å². The summed E-state index contributed by atoms with van der Waals surface area (Å²) >= 11 is 0. The highest BCUT2D eigenvalue weighted by molar-refractivity contribution is 5.77. The summed E-state index contributed by atoms with van der Waals surface area (Å²) in [4.78, 5) is 27.0. The molecule has 3 N–H and O–H groups in total. The first kappa shape index (κ1) is 22.6. The lowest BCUT2D eigenvalue weighted by molar-refractivity contribution is -0.899. The average Bonchev–Trinajstić information content (AvgIpc) is 2.78. The van der Waals surface area contributed by atoms with Crippen molar-refractivity contribution in [1.82, 2.24) is 4.90 Å². The van der Waals surface area contributed by atoms with Gasteiger partial charge in [-0.15, -0.1) is 0 Å². The Hall–Kier alpha value is -3.06. The maximum atomic E-state index is 12.7. The maximum Gasteiger partial charge on any atom is 0.277 e. The van der Waals surface area contributed by atoms with Crippen LogP contribution in [0.4, 0.5) is 0 Å². The van der Waals surface area contributed by atoms with Crippen LogP contribution in [0.3, 0.4) is 0 Å². The quantitative estimate of drug-likeness (QED) is 0.627. The van der Waals surface area contributed by atoms with Gasteiger partial charge < -0.3 is 25.0 Å². The molecule has 0 radical (unpaired) electrons. The van der Waals surface area contributed by atoms with Gasteiger partial charge in [-0.25, -0.2) is 0 Å². The lowest BCUT2D eigenvalue weighted by Crippen LogP contribution is -3.14. The van der Waals surface area contributed by atoms with Crippen molar-refractivity contribution >= 4 is 11.8 Å². The Bertz CT molecular complexity index is 888. The Morgan fingerprint density at radius 3 is 2.61 bits per heavy atom. The van der Waals surface area contributed by atoms with Gasteiger partial charge in [0, 0.05) is 13.6 Å². The zero-order chi connectivity index (χ0) is 22.2. The molecule has 1 aliphatic rings. The van der Waals surface area contributed by atoms with Gasteiger partial charge in [-0.05, 0) is 36.1 Å². The Labute approximate surface area is 183 Å². The summed E-state index contributed by atoms with van der Waals surface area (Å²) in [7, 11) is 3.40. The Balaban J connectivity index is 1.55. The molecule has 0 bridgehead atoms. The molecule has 0 spiro atoms. The van der Waals surface area contributed by atoms with E-state index in [2.05, 4.69) is 0 Å². The summed E-state index contributed by atoms with van der Waals surface area (Å²) in [6.45, 7) is 2.83. The largest absolute Gasteiger partial charge is 0.493 e. The van der Waals surface area contributed by atoms with Crippen LogP contribution >= 0.6 is 0 Å². The fourth-order valence-electron chi connectivity index (χ4n) is 3.93. The number of nitrogens with zero attached hydrogens (tertiary/aromatic N) is 1. The number of likely N-dealkylation sites (N-methyl/N-ethyl adjacent to an activating group) is 1. The minimum Gasteiger partial charge on any atom is -0.493 e. The number of carbonyl (C=O) groups is 2. The zero-order valence-corrected chi connectivity index (χ0v) is 18.3. The highest BCUT2D eigenvalue weighted by Crippen LogP contribution is 2.29. The van der Waals surface area contributed by atoms with E-state index in [0.717, 1.165) is 35.4 Å². The molecule has 0 aliphatic carbocycles. The second-order valence-corrected chi connectivity index (χ2v) is 8.13. The van der Waals surface area contributed by atoms with Crippen LogP contribution in [0.25, 0.3) is 0 Å². The normalized spacial score (nSPS) is 18.3. The summed E-state index contributed by atoms with van der Waals surface area (Å²) in [6, 6.07) is 15.7. The van der Waals surface area contributed by atoms with Crippen LogP contribution in [-0.4, -0.2) is 50.5 Å². The van der Waals surface area contributed by atoms with Crippen molar-refractivity contribution in [3.05, 3.63) is 59.7 Å². The summed E-state index contributed by atoms with van der Waals surface area (Å²) in [6.07, 6.45) is 1.74. The molecule has 7 heteroatoms. The second kappa shape index (κ2) is 10.8. The minimum atomic E-state index is -0.264. The van der Waals surface area contributed by atoms with E-state index in [9.17, 15) is 9.59 Å². The van der Waals surface area contributed by atoms with E-state index in [0.29, 0.717) is 37.7 Å². The number of rotatable bonds is 9. The van der Waals surface area contributed by atoms with Gasteiger partial charge in [0.2, 0.25) is 5.91 Å². The van der Waals surface area contributed by atoms with Crippen LogP contribution in [0.15, 0.2) is 48.5 Å². The lowest BCUT2D eigenvalue weighted by atomic mass is 9.97. The number of piperidine rings is 1. The smallest absolute Gasteiger partial charge is 0.277 e. The van der Waals surface area contributed by atoms with Gasteiger partial charge in [-0.1, -0.05) is 36.4 Å². The number of amides is 2. The Morgan fingerprint density at radius 2 is 1.90 bits per heavy atom. The van der Waals surface area contributed by atoms with E-state index in [1.54, 1.807) is 19.1 Å². The molecule has 0 saturated carbocycles. The predicted octanol–water partition coefficient (Wildman–Crippen LogP) is 1.01. The molecule has 7 nitrogen and oxygen atoms in total. The predicted molar refractivity (Wildman–Crippen MR) is 118 cm³/mol. The van der Waals surface area contributed by atoms with Crippen molar-refractivity contribution in [3.8, 4) is 11.5 Å². The van der Waals surface area contributed by atoms with Crippen LogP contribution in [0.2, 0.25) is 0 Å². The SMILES string of the molecule is COc1cc(CN(C)C(=O)C[NH+]2CCC[C@@H](C(N)=O)C2)ccc1OCc1ccccc1. The molecule has 1 aliphatic heterocycles. The molecule has 166 valence electrons. The van der Waals surface area contributed by atoms with E-state index in [4.69, 9.17) is 15.2 Å². The van der Waals surface area contributed by atoms with Crippen molar-refractivity contribution in [2.75, 3.05) is 33.8 Å². The molecule has 2 amide bonds. The number of primary amides is 1. The van der Waals surface area contributed by atoms with Crippen molar-refractivity contribution in [1.29, 1.82) is 0 Å². The Morgan fingerprint density at radius 1 is 1.13 bits per heavy atom. The maximum absolute atomic E-state index is 12.7. The molecule has 1 saturated heterocycles. The molecule has 1 fully saturated rings. The number of hydrogen-bond acceptors (Lipinski definition) is 4. The number of likely N-dealkylation sites (tertiary alicyclic amines) is 1. The summed E-state index contributed by atoms with van der Waals surface area (Å²) in [5, 5.41) is 0. The molecular weight excluding hydrogens is 394 g/mol. The van der Waals surface area contributed by atoms with Crippen molar-refractivity contribution < 1.29 is 24.0 Å². The van der Waals surface area contributed by atoms with Crippen molar-refractivity contribution in [2.45, 2.75) is 26.0 Å². The Kier molecular flexibility index (Phi) is 7.89. The number of nitrogens with two attached hydrogens (primary N) is 1. The van der Waals surface area contributed by atoms with E-state index >= 15 is 0 Å². The number of quaternary nitrogens is 1. The first-order valence-electron chi connectivity index (χ1n) is 10.7. The van der Waals surface area contributed by atoms with Gasteiger partial charge in [0.25, 0.3) is 5.91 Å². The summed E-state index contributed by atoms with van der Waals surface area (Å²) in [5.74, 6) is 0.956. The standard InChI is InChI=1S/C24H31N3O4/c1-26(23(28)16-27-12-6-9-20(15-27)24(25)29)14-19-10-11-21(22(13-19)30-2)31-17-18-7-4-3-5-8-18/h3-5,7-8,10-11,13,20H,6,9,12,14-17H2,1-2H3,(H2,25,29)/p+1/t20-/m1/s1. The number of methoxy groups -OCH3 is 1. The van der Waals surface area contributed by atoms with Crippen LogP contribution in [0, 0.1) is 5.92 Å². The molecule has 2 atom stereocenters. The third-order valence-electron chi connectivity index (χ3n) is 5.73. The highest BCUT2D eigenvalue weighted by Gasteiger charge is 2.29. The molecule has 1 heterocycles. The lowest BCUT2D eigenvalue weighted by Gasteiger charge is -2.29. The van der Waals surface area contributed by atoms with Crippen LogP contribution in [0.5, 0.6) is 11.5 Å². The van der Waals surface area contributed by atoms with Gasteiger partial charge in [0.05, 0.1) is 26.1 Å². The monoisotopic (exact) mass is 426 g/mol. The van der Waals surface area contributed by atoms with Crippen LogP contribution < -0.4 is 20.1 Å². The van der Waals surface area contributed by atoms with E-state index < -0.39 is 0 Å². The molecule has 3 rings (SSSR count). The number of carbonyl (C=O) groups excluding carboxylic acids is 2. The van der Waals surface area contributed by atoms with Crippen LogP contribution in [0.1, 0.15) is 24.0 Å². The molecular formula is C24H32N3O4+. The topological polar surface area (TPSA) is 86.3 Å². The van der Waals surface area contributed by atoms with Gasteiger partial charge in [0.1, 0.15) is 6.61 Å². The van der Waals surface area contributed by atoms with Gasteiger partial charge in [-0.3, -0.25) is 9.59 Å². The number of hydrogen-bond donors (Lipinski definition) is 2. The fraction of sp³-hybridized carbons (Fsp3) is 0.417. The fourth-order valence-corrected chi connectivity index (χ4v) is 3.93. The number of ether oxygens (including phenoxy) is 2. The summed E-state index contributed by atoms with van der Waals surface area (Å²) in [5.41, 5.74) is 7.49. The third kappa shape index (κ3) is 6.46. The molecule has 1 unspecified atom stereocenters. The van der Waals surface area contributed by atoms with E-state index in [1.807, 2.05) is 48.5 Å². The minimum absolute atomic E-state index is 0.0449. The first-order chi connectivity index (χ1) is 15.0. The average molecular weight is 427 g/mol. The first-order valence-corrected chi connectivity index (χ1v) is 10.7. The van der Waals surface area contributed by atoms with Crippen LogP contribution in [-0.2, 0) is 22.7 Å². The number of nitrogens with one attached hydrogen (secondary N) is 1. The molecule has 2 aromatic rings. The molecule has 2 aromatic carbocycles. The number of benzene rings is 2. The van der Waals surface area contributed by atoms with Crippen molar-refractivity contribution in [2.24, 2.45) is 11.7 Å². The van der Waals surface area contributed by atoms with Crippen molar-refractivity contribution in [3.63, 3.8) is 0 Å². The van der Waals surface area contributed by atoms with E-state index in [-0.39, 0.29) is 17.7 Å². The molecule has 0 aromatic heterocycles.